The molecule has 0 saturated heterocycles. The second-order valence-corrected chi connectivity index (χ2v) is 1.47. The maximum Gasteiger partial charge on any atom is 0.117 e. The van der Waals surface area contributed by atoms with Crippen LogP contribution >= 0.6 is 0 Å². The first-order valence-electron chi connectivity index (χ1n) is 2.30. The average molecular weight is 468 g/mol. The van der Waals surface area contributed by atoms with E-state index in [4.69, 9.17) is 4.84 Å². The third-order valence-corrected chi connectivity index (χ3v) is 0.355. The molecule has 0 aliphatic rings. The molecule has 0 unspecified atom stereocenters. The van der Waals surface area contributed by atoms with E-state index in [0.29, 0.717) is 0 Å². The van der Waals surface area contributed by atoms with Crippen LogP contribution in [0.25, 0.3) is 0 Å². The van der Waals surface area contributed by atoms with Crippen LogP contribution in [0.2, 0.25) is 0 Å². The zero-order valence-corrected chi connectivity index (χ0v) is 11.6. The van der Waals surface area contributed by atoms with E-state index in [-0.39, 0.29) is 48.2 Å². The zero-order valence-electron chi connectivity index (χ0n) is 5.75. The quantitative estimate of drug-likeness (QED) is 0.341. The van der Waals surface area contributed by atoms with Crippen molar-refractivity contribution < 1.29 is 47.0 Å². The summed E-state index contributed by atoms with van der Waals surface area (Å²) in [6, 6.07) is 0. The molecule has 0 aromatic carbocycles. The van der Waals surface area contributed by atoms with Gasteiger partial charge in [0, 0.05) is 42.1 Å². The van der Waals surface area contributed by atoms with E-state index >= 15 is 0 Å². The van der Waals surface area contributed by atoms with Crippen molar-refractivity contribution in [1.29, 1.82) is 0 Å². The van der Waals surface area contributed by atoms with Crippen LogP contribution in [0, 0.1) is 0 Å². The van der Waals surface area contributed by atoms with Crippen molar-refractivity contribution in [2.24, 2.45) is 5.16 Å². The largest absolute Gasteiger partial charge is 0.430 e. The van der Waals surface area contributed by atoms with Gasteiger partial charge in [-0.1, -0.05) is 0 Å². The van der Waals surface area contributed by atoms with Gasteiger partial charge < -0.3 is 16.2 Å². The van der Waals surface area contributed by atoms with Crippen molar-refractivity contribution in [3.63, 3.8) is 0 Å². The van der Waals surface area contributed by atoms with Crippen LogP contribution in [0.3, 0.4) is 0 Å². The van der Waals surface area contributed by atoms with Crippen molar-refractivity contribution in [2.45, 2.75) is 26.9 Å². The number of hydrogen-bond acceptors (Lipinski definition) is 2. The van der Waals surface area contributed by atoms with Crippen LogP contribution in [0.5, 0.6) is 0 Å². The van der Waals surface area contributed by atoms with Crippen LogP contribution in [0.1, 0.15) is 20.8 Å². The minimum Gasteiger partial charge on any atom is -0.430 e. The van der Waals surface area contributed by atoms with E-state index < -0.39 is 0 Å². The van der Waals surface area contributed by atoms with Gasteiger partial charge in [0.2, 0.25) is 0 Å². The molecule has 0 radical (unpaired) electrons. The molecule has 0 spiro atoms. The van der Waals surface area contributed by atoms with Crippen molar-refractivity contribution in [3.05, 3.63) is 0 Å². The van der Waals surface area contributed by atoms with Crippen molar-refractivity contribution >= 4 is 6.21 Å². The van der Waals surface area contributed by atoms with E-state index in [1.54, 1.807) is 6.92 Å². The molecule has 4 heteroatoms. The molecule has 0 atom stereocenters. The number of hydrogen-bond donors (Lipinski definition) is 0. The van der Waals surface area contributed by atoms with E-state index in [2.05, 4.69) is 11.4 Å². The molecule has 0 aliphatic heterocycles. The standard InChI is InChI=1S/C5H10NO.2W/c1-4-6-7-5(2)3;;/h5H,1-3H3;;/q-1;;. The van der Waals surface area contributed by atoms with Gasteiger partial charge in [0.1, 0.15) is 6.10 Å². The smallest absolute Gasteiger partial charge is 0.117 e. The molecule has 2 nitrogen and oxygen atoms in total. The topological polar surface area (TPSA) is 21.6 Å². The van der Waals surface area contributed by atoms with Crippen LogP contribution in [0.15, 0.2) is 5.16 Å². The van der Waals surface area contributed by atoms with Crippen molar-refractivity contribution in [2.75, 3.05) is 0 Å². The summed E-state index contributed by atoms with van der Waals surface area (Å²) in [4.78, 5) is 4.70. The minimum absolute atomic E-state index is 0. The Morgan fingerprint density at radius 1 is 1.33 bits per heavy atom. The number of nitrogens with zero attached hydrogens (tertiary/aromatic N) is 1. The monoisotopic (exact) mass is 468 g/mol. The van der Waals surface area contributed by atoms with E-state index in [0.717, 1.165) is 0 Å². The molecule has 9 heavy (non-hydrogen) atoms. The van der Waals surface area contributed by atoms with Crippen LogP contribution in [-0.4, -0.2) is 12.3 Å². The summed E-state index contributed by atoms with van der Waals surface area (Å²) in [5.74, 6) is 0. The molecule has 0 aliphatic carbocycles. The molecule has 0 aromatic heterocycles. The predicted octanol–water partition coefficient (Wildman–Crippen LogP) is 1.29. The van der Waals surface area contributed by atoms with E-state index in [1.165, 1.54) is 0 Å². The van der Waals surface area contributed by atoms with Gasteiger partial charge in [-0.2, -0.15) is 6.92 Å². The Balaban J connectivity index is -0.000000180. The Hall–Kier alpha value is 0.847. The average Bonchev–Trinajstić information content (AvgIpc) is 1.61. The molecular weight excluding hydrogens is 458 g/mol. The predicted molar refractivity (Wildman–Crippen MR) is 29.3 cm³/mol. The van der Waals surface area contributed by atoms with Crippen LogP contribution < -0.4 is 0 Å². The summed E-state index contributed by atoms with van der Waals surface area (Å²) in [5, 5.41) is 3.42. The molecule has 0 heterocycles. The van der Waals surface area contributed by atoms with Gasteiger partial charge in [-0.3, -0.25) is 0 Å². The third-order valence-electron chi connectivity index (χ3n) is 0.355. The first-order chi connectivity index (χ1) is 3.27. The maximum atomic E-state index is 4.70. The maximum absolute atomic E-state index is 4.70. The summed E-state index contributed by atoms with van der Waals surface area (Å²) < 4.78 is 0. The molecule has 0 fully saturated rings. The summed E-state index contributed by atoms with van der Waals surface area (Å²) >= 11 is 0. The van der Waals surface area contributed by atoms with E-state index in [9.17, 15) is 0 Å². The summed E-state index contributed by atoms with van der Waals surface area (Å²) in [6.45, 7) is 5.53. The first-order valence-corrected chi connectivity index (χ1v) is 2.30. The van der Waals surface area contributed by atoms with E-state index in [1.807, 2.05) is 13.8 Å². The fourth-order valence-corrected chi connectivity index (χ4v) is 0.158. The Kier molecular flexibility index (Phi) is 21.2. The molecule has 0 saturated carbocycles. The molecule has 0 amide bonds. The minimum atomic E-state index is 0. The van der Waals surface area contributed by atoms with Crippen molar-refractivity contribution in [1.82, 2.24) is 0 Å². The Labute approximate surface area is 84.9 Å². The van der Waals surface area contributed by atoms with Gasteiger partial charge in [0.05, 0.1) is 0 Å². The zero-order chi connectivity index (χ0) is 5.70. The fourth-order valence-electron chi connectivity index (χ4n) is 0.158. The fraction of sp³-hybridized carbons (Fsp3) is 0.800. The normalized spacial score (nSPS) is 8.44. The SMILES string of the molecule is C[C-]=NOC(C)C.[W].[W]. The Bertz CT molecular complexity index is 66.0. The van der Waals surface area contributed by atoms with Gasteiger partial charge in [0.15, 0.2) is 0 Å². The second kappa shape index (κ2) is 11.6. The number of rotatable bonds is 2. The molecular formula is C5H10NOW2-. The first kappa shape index (κ1) is 16.4. The Morgan fingerprint density at radius 2 is 1.78 bits per heavy atom. The van der Waals surface area contributed by atoms with Gasteiger partial charge in [-0.05, 0) is 13.8 Å². The van der Waals surface area contributed by atoms with Crippen LogP contribution in [-0.2, 0) is 47.0 Å². The second-order valence-electron chi connectivity index (χ2n) is 1.47. The van der Waals surface area contributed by atoms with Gasteiger partial charge >= 0.3 is 0 Å². The van der Waals surface area contributed by atoms with Crippen LogP contribution in [0.4, 0.5) is 0 Å². The van der Waals surface area contributed by atoms with Crippen molar-refractivity contribution in [3.8, 4) is 0 Å². The van der Waals surface area contributed by atoms with Gasteiger partial charge in [-0.25, -0.2) is 0 Å². The van der Waals surface area contributed by atoms with Gasteiger partial charge in [-0.15, -0.1) is 0 Å². The van der Waals surface area contributed by atoms with Gasteiger partial charge in [0.25, 0.3) is 0 Å². The molecule has 0 N–H and O–H groups in total. The summed E-state index contributed by atoms with van der Waals surface area (Å²) in [6.07, 6.45) is 2.68. The molecule has 0 bridgehead atoms. The third kappa shape index (κ3) is 17.7. The summed E-state index contributed by atoms with van der Waals surface area (Å²) in [7, 11) is 0. The molecule has 0 aromatic rings. The Morgan fingerprint density at radius 3 is 1.89 bits per heavy atom. The summed E-state index contributed by atoms with van der Waals surface area (Å²) in [5.41, 5.74) is 0. The molecule has 0 rings (SSSR count). The molecule has 54 valence electrons.